The molecular formula is C22H41IN6O2. The van der Waals surface area contributed by atoms with Crippen LogP contribution >= 0.6 is 24.0 Å². The fraction of sp³-hybridized carbons (Fsp3) is 0.864. The van der Waals surface area contributed by atoms with Gasteiger partial charge in [-0.1, -0.05) is 12.8 Å². The third kappa shape index (κ3) is 8.07. The van der Waals surface area contributed by atoms with E-state index in [1.807, 2.05) is 0 Å². The van der Waals surface area contributed by atoms with Crippen molar-refractivity contribution in [2.24, 2.45) is 22.6 Å². The fourth-order valence-corrected chi connectivity index (χ4v) is 5.05. The molecule has 3 fully saturated rings. The highest BCUT2D eigenvalue weighted by Gasteiger charge is 2.29. The van der Waals surface area contributed by atoms with Gasteiger partial charge in [-0.05, 0) is 38.5 Å². The molecule has 2 heterocycles. The maximum atomic E-state index is 12.6. The Morgan fingerprint density at radius 1 is 1.00 bits per heavy atom. The van der Waals surface area contributed by atoms with Gasteiger partial charge >= 0.3 is 0 Å². The molecule has 1 unspecified atom stereocenters. The predicted molar refractivity (Wildman–Crippen MR) is 134 cm³/mol. The summed E-state index contributed by atoms with van der Waals surface area (Å²) in [5.74, 6) is 1.73. The minimum Gasteiger partial charge on any atom is -0.370 e. The average molecular weight is 549 g/mol. The number of primary amides is 1. The highest BCUT2D eigenvalue weighted by molar-refractivity contribution is 14.0. The largest absolute Gasteiger partial charge is 0.370 e. The number of nitrogens with one attached hydrogen (secondary N) is 1. The number of halogens is 1. The number of nitrogens with two attached hydrogens (primary N) is 1. The van der Waals surface area contributed by atoms with E-state index < -0.39 is 0 Å². The van der Waals surface area contributed by atoms with Crippen LogP contribution in [-0.2, 0) is 9.59 Å². The number of guanidine groups is 1. The topological polar surface area (TPSA) is 94.3 Å². The van der Waals surface area contributed by atoms with E-state index in [1.165, 1.54) is 12.8 Å². The van der Waals surface area contributed by atoms with E-state index in [0.717, 1.165) is 90.5 Å². The van der Waals surface area contributed by atoms with Crippen LogP contribution < -0.4 is 11.1 Å². The molecule has 3 rings (SSSR count). The van der Waals surface area contributed by atoms with Crippen molar-refractivity contribution >= 4 is 41.8 Å². The number of nitrogens with zero attached hydrogens (tertiary/aromatic N) is 4. The first-order valence-corrected chi connectivity index (χ1v) is 11.9. The van der Waals surface area contributed by atoms with Crippen molar-refractivity contribution in [1.82, 2.24) is 20.0 Å². The molecule has 2 aliphatic heterocycles. The van der Waals surface area contributed by atoms with Crippen molar-refractivity contribution in [3.05, 3.63) is 0 Å². The Hall–Kier alpha value is -1.10. The Morgan fingerprint density at radius 3 is 2.35 bits per heavy atom. The van der Waals surface area contributed by atoms with Gasteiger partial charge in [0.2, 0.25) is 11.8 Å². The molecule has 3 aliphatic rings. The minimum atomic E-state index is -0.214. The number of likely N-dealkylation sites (tertiary alicyclic amines) is 1. The van der Waals surface area contributed by atoms with Crippen LogP contribution in [0.5, 0.6) is 0 Å². The molecule has 0 aromatic carbocycles. The van der Waals surface area contributed by atoms with E-state index in [2.05, 4.69) is 26.9 Å². The molecule has 0 aromatic rings. The van der Waals surface area contributed by atoms with Crippen LogP contribution in [0, 0.1) is 11.8 Å². The lowest BCUT2D eigenvalue weighted by atomic mass is 9.95. The number of piperazine rings is 1. The Balaban J connectivity index is 0.00000341. The van der Waals surface area contributed by atoms with Crippen molar-refractivity contribution in [3.63, 3.8) is 0 Å². The Bertz CT molecular complexity index is 603. The molecule has 31 heavy (non-hydrogen) atoms. The summed E-state index contributed by atoms with van der Waals surface area (Å²) >= 11 is 0. The molecule has 8 nitrogen and oxygen atoms in total. The zero-order valence-electron chi connectivity index (χ0n) is 19.1. The van der Waals surface area contributed by atoms with Gasteiger partial charge < -0.3 is 20.9 Å². The van der Waals surface area contributed by atoms with Crippen LogP contribution in [0.4, 0.5) is 0 Å². The normalized spacial score (nSPS) is 23.5. The average Bonchev–Trinajstić information content (AvgIpc) is 3.28. The summed E-state index contributed by atoms with van der Waals surface area (Å²) in [5, 5.41) is 3.41. The van der Waals surface area contributed by atoms with Gasteiger partial charge in [0.1, 0.15) is 0 Å². The monoisotopic (exact) mass is 548 g/mol. The third-order valence-electron chi connectivity index (χ3n) is 6.71. The minimum absolute atomic E-state index is 0. The molecule has 1 atom stereocenters. The molecular weight excluding hydrogens is 507 g/mol. The van der Waals surface area contributed by atoms with Crippen LogP contribution in [0.1, 0.15) is 51.9 Å². The number of carbonyl (C=O) groups is 2. The summed E-state index contributed by atoms with van der Waals surface area (Å²) in [7, 11) is 0. The SMILES string of the molecule is CCNC(=NCCN1CCN(C(=O)C2CCCC2)CC1)N1CCCC(CC(N)=O)C1.I. The fourth-order valence-electron chi connectivity index (χ4n) is 5.05. The number of piperidine rings is 1. The summed E-state index contributed by atoms with van der Waals surface area (Å²) in [5.41, 5.74) is 5.40. The molecule has 0 aromatic heterocycles. The van der Waals surface area contributed by atoms with Gasteiger partial charge in [0, 0.05) is 64.7 Å². The van der Waals surface area contributed by atoms with Crippen molar-refractivity contribution < 1.29 is 9.59 Å². The first-order chi connectivity index (χ1) is 14.6. The van der Waals surface area contributed by atoms with Gasteiger partial charge in [-0.25, -0.2) is 0 Å². The summed E-state index contributed by atoms with van der Waals surface area (Å²) in [6, 6.07) is 0. The van der Waals surface area contributed by atoms with Crippen LogP contribution in [0.2, 0.25) is 0 Å². The van der Waals surface area contributed by atoms with E-state index in [4.69, 9.17) is 10.7 Å². The highest BCUT2D eigenvalue weighted by Crippen LogP contribution is 2.27. The third-order valence-corrected chi connectivity index (χ3v) is 6.71. The standard InChI is InChI=1S/C22H40N6O2.HI/c1-2-24-22(28-10-5-6-18(17-28)16-20(23)29)25-9-11-26-12-14-27(15-13-26)21(30)19-7-3-4-8-19;/h18-19H,2-17H2,1H3,(H2,23,29)(H,24,25);1H. The van der Waals surface area contributed by atoms with Crippen LogP contribution in [0.3, 0.4) is 0 Å². The summed E-state index contributed by atoms with van der Waals surface area (Å²) < 4.78 is 0. The van der Waals surface area contributed by atoms with Gasteiger partial charge in [0.05, 0.1) is 6.54 Å². The molecule has 1 aliphatic carbocycles. The number of carbonyl (C=O) groups excluding carboxylic acids is 2. The van der Waals surface area contributed by atoms with E-state index in [-0.39, 0.29) is 35.8 Å². The molecule has 2 saturated heterocycles. The summed E-state index contributed by atoms with van der Waals surface area (Å²) in [4.78, 5) is 35.5. The Morgan fingerprint density at radius 2 is 1.71 bits per heavy atom. The first kappa shape index (κ1) is 26.2. The number of hydrogen-bond acceptors (Lipinski definition) is 4. The Kier molecular flexibility index (Phi) is 11.3. The van der Waals surface area contributed by atoms with E-state index in [1.54, 1.807) is 0 Å². The highest BCUT2D eigenvalue weighted by atomic mass is 127. The van der Waals surface area contributed by atoms with Crippen LogP contribution in [0.15, 0.2) is 4.99 Å². The molecule has 3 N–H and O–H groups in total. The van der Waals surface area contributed by atoms with E-state index in [9.17, 15) is 9.59 Å². The van der Waals surface area contributed by atoms with Crippen LogP contribution in [-0.4, -0.2) is 91.4 Å². The van der Waals surface area contributed by atoms with Crippen molar-refractivity contribution in [2.75, 3.05) is 58.9 Å². The maximum Gasteiger partial charge on any atom is 0.225 e. The lowest BCUT2D eigenvalue weighted by Gasteiger charge is -2.36. The number of aliphatic imine (C=N–C) groups is 1. The van der Waals surface area contributed by atoms with E-state index >= 15 is 0 Å². The predicted octanol–water partition coefficient (Wildman–Crippen LogP) is 1.49. The lowest BCUT2D eigenvalue weighted by Crippen LogP contribution is -2.51. The number of amides is 2. The number of hydrogen-bond donors (Lipinski definition) is 2. The second kappa shape index (κ2) is 13.4. The molecule has 0 bridgehead atoms. The van der Waals surface area contributed by atoms with Gasteiger partial charge in [-0.3, -0.25) is 19.5 Å². The van der Waals surface area contributed by atoms with Gasteiger partial charge in [0.25, 0.3) is 0 Å². The summed E-state index contributed by atoms with van der Waals surface area (Å²) in [6.07, 6.45) is 7.17. The second-order valence-electron chi connectivity index (χ2n) is 9.01. The van der Waals surface area contributed by atoms with Crippen molar-refractivity contribution in [1.29, 1.82) is 0 Å². The summed E-state index contributed by atoms with van der Waals surface area (Å²) in [6.45, 7) is 9.97. The van der Waals surface area contributed by atoms with Crippen molar-refractivity contribution in [3.8, 4) is 0 Å². The quantitative estimate of drug-likeness (QED) is 0.286. The number of rotatable bonds is 7. The molecule has 178 valence electrons. The van der Waals surface area contributed by atoms with E-state index in [0.29, 0.717) is 18.2 Å². The molecule has 9 heteroatoms. The smallest absolute Gasteiger partial charge is 0.225 e. The van der Waals surface area contributed by atoms with Gasteiger partial charge in [-0.2, -0.15) is 0 Å². The van der Waals surface area contributed by atoms with Crippen molar-refractivity contribution in [2.45, 2.75) is 51.9 Å². The maximum absolute atomic E-state index is 12.6. The lowest BCUT2D eigenvalue weighted by molar-refractivity contribution is -0.137. The molecule has 0 spiro atoms. The van der Waals surface area contributed by atoms with Crippen LogP contribution in [0.25, 0.3) is 0 Å². The zero-order chi connectivity index (χ0) is 21.3. The molecule has 1 saturated carbocycles. The first-order valence-electron chi connectivity index (χ1n) is 11.9. The van der Waals surface area contributed by atoms with Gasteiger partial charge in [-0.15, -0.1) is 24.0 Å². The zero-order valence-corrected chi connectivity index (χ0v) is 21.4. The van der Waals surface area contributed by atoms with Gasteiger partial charge in [0.15, 0.2) is 5.96 Å². The second-order valence-corrected chi connectivity index (χ2v) is 9.01. The molecule has 0 radical (unpaired) electrons. The Labute approximate surface area is 204 Å². The molecule has 2 amide bonds.